The summed E-state index contributed by atoms with van der Waals surface area (Å²) in [4.78, 5) is 16.7. The van der Waals surface area contributed by atoms with Crippen LogP contribution in [0.4, 0.5) is 5.69 Å². The van der Waals surface area contributed by atoms with Crippen molar-refractivity contribution in [2.24, 2.45) is 0 Å². The van der Waals surface area contributed by atoms with Crippen molar-refractivity contribution in [1.82, 2.24) is 14.4 Å². The molecule has 0 saturated carbocycles. The first-order valence-corrected chi connectivity index (χ1v) is 6.48. The van der Waals surface area contributed by atoms with E-state index < -0.39 is 0 Å². The van der Waals surface area contributed by atoms with Gasteiger partial charge in [-0.3, -0.25) is 4.79 Å². The second-order valence-corrected chi connectivity index (χ2v) is 5.05. The number of hydrogen-bond acceptors (Lipinski definition) is 3. The number of piperazine rings is 1. The summed E-state index contributed by atoms with van der Waals surface area (Å²) in [6, 6.07) is 2.02. The van der Waals surface area contributed by atoms with Crippen LogP contribution in [0, 0.1) is 0 Å². The van der Waals surface area contributed by atoms with E-state index >= 15 is 0 Å². The minimum Gasteiger partial charge on any atom is -0.397 e. The van der Waals surface area contributed by atoms with E-state index in [1.165, 1.54) is 0 Å². The summed E-state index contributed by atoms with van der Waals surface area (Å²) in [6.45, 7) is 7.51. The molecule has 1 aromatic rings. The van der Waals surface area contributed by atoms with Crippen molar-refractivity contribution in [3.8, 4) is 0 Å². The molecule has 0 aliphatic carbocycles. The molecule has 2 N–H and O–H groups in total. The lowest BCUT2D eigenvalue weighted by Crippen LogP contribution is -2.53. The molecule has 0 spiro atoms. The number of carbonyl (C=O) groups is 1. The molecular formula is C13H22N4O. The van der Waals surface area contributed by atoms with Crippen molar-refractivity contribution in [2.45, 2.75) is 26.4 Å². The topological polar surface area (TPSA) is 54.5 Å². The van der Waals surface area contributed by atoms with Gasteiger partial charge in [0.2, 0.25) is 0 Å². The number of nitrogen functional groups attached to an aromatic ring is 1. The third kappa shape index (κ3) is 2.36. The molecular weight excluding hydrogens is 228 g/mol. The smallest absolute Gasteiger partial charge is 0.270 e. The Kier molecular flexibility index (Phi) is 3.61. The minimum atomic E-state index is 0.0918. The fourth-order valence-electron chi connectivity index (χ4n) is 2.56. The SMILES string of the molecule is CCn1cc(N)cc1C(=O)N1CCN(C)CC1C. The number of carbonyl (C=O) groups excluding carboxylic acids is 1. The van der Waals surface area contributed by atoms with Gasteiger partial charge in [0.05, 0.1) is 5.69 Å². The summed E-state index contributed by atoms with van der Waals surface area (Å²) in [5.74, 6) is 0.0918. The van der Waals surface area contributed by atoms with Crippen molar-refractivity contribution >= 4 is 11.6 Å². The average Bonchev–Trinajstić information content (AvgIpc) is 2.69. The van der Waals surface area contributed by atoms with Gasteiger partial charge in [0.15, 0.2) is 0 Å². The standard InChI is InChI=1S/C13H22N4O/c1-4-16-9-11(14)7-12(16)13(18)17-6-5-15(3)8-10(17)2/h7,9-10H,4-6,8,14H2,1-3H3. The third-order valence-corrected chi connectivity index (χ3v) is 3.57. The summed E-state index contributed by atoms with van der Waals surface area (Å²) in [5, 5.41) is 0. The van der Waals surface area contributed by atoms with Crippen LogP contribution in [0.1, 0.15) is 24.3 Å². The zero-order valence-electron chi connectivity index (χ0n) is 11.4. The molecule has 2 heterocycles. The second kappa shape index (κ2) is 5.02. The molecule has 5 nitrogen and oxygen atoms in total. The van der Waals surface area contributed by atoms with E-state index in [0.717, 1.165) is 26.2 Å². The monoisotopic (exact) mass is 250 g/mol. The Balaban J connectivity index is 2.20. The van der Waals surface area contributed by atoms with Crippen LogP contribution < -0.4 is 5.73 Å². The fourth-order valence-corrected chi connectivity index (χ4v) is 2.56. The number of anilines is 1. The lowest BCUT2D eigenvalue weighted by Gasteiger charge is -2.38. The maximum absolute atomic E-state index is 12.5. The van der Waals surface area contributed by atoms with Crippen LogP contribution in [-0.4, -0.2) is 53.0 Å². The highest BCUT2D eigenvalue weighted by molar-refractivity contribution is 5.94. The van der Waals surface area contributed by atoms with Crippen molar-refractivity contribution in [3.63, 3.8) is 0 Å². The lowest BCUT2D eigenvalue weighted by molar-refractivity contribution is 0.0523. The van der Waals surface area contributed by atoms with Crippen LogP contribution in [0.5, 0.6) is 0 Å². The molecule has 1 aliphatic heterocycles. The summed E-state index contributed by atoms with van der Waals surface area (Å²) < 4.78 is 1.92. The van der Waals surface area contributed by atoms with Gasteiger partial charge in [0, 0.05) is 38.4 Å². The third-order valence-electron chi connectivity index (χ3n) is 3.57. The molecule has 1 fully saturated rings. The molecule has 1 amide bonds. The number of aryl methyl sites for hydroxylation is 1. The molecule has 100 valence electrons. The first-order chi connectivity index (χ1) is 8.52. The van der Waals surface area contributed by atoms with E-state index in [4.69, 9.17) is 5.73 Å². The van der Waals surface area contributed by atoms with Gasteiger partial charge in [-0.2, -0.15) is 0 Å². The van der Waals surface area contributed by atoms with E-state index in [-0.39, 0.29) is 11.9 Å². The predicted molar refractivity (Wildman–Crippen MR) is 72.5 cm³/mol. The summed E-state index contributed by atoms with van der Waals surface area (Å²) in [5.41, 5.74) is 7.13. The number of rotatable bonds is 2. The quantitative estimate of drug-likeness (QED) is 0.847. The molecule has 1 aromatic heterocycles. The number of hydrogen-bond donors (Lipinski definition) is 1. The van der Waals surface area contributed by atoms with E-state index in [9.17, 15) is 4.79 Å². The summed E-state index contributed by atoms with van der Waals surface area (Å²) in [6.07, 6.45) is 1.83. The first-order valence-electron chi connectivity index (χ1n) is 6.48. The molecule has 0 aromatic carbocycles. The van der Waals surface area contributed by atoms with E-state index in [1.54, 1.807) is 6.07 Å². The van der Waals surface area contributed by atoms with Gasteiger partial charge >= 0.3 is 0 Å². The Morgan fingerprint density at radius 1 is 1.50 bits per heavy atom. The Hall–Kier alpha value is -1.49. The Morgan fingerprint density at radius 2 is 2.22 bits per heavy atom. The number of amides is 1. The van der Waals surface area contributed by atoms with Gasteiger partial charge in [-0.15, -0.1) is 0 Å². The van der Waals surface area contributed by atoms with E-state index in [0.29, 0.717) is 11.4 Å². The average molecular weight is 250 g/mol. The van der Waals surface area contributed by atoms with Crippen molar-refractivity contribution in [2.75, 3.05) is 32.4 Å². The maximum Gasteiger partial charge on any atom is 0.270 e. The highest BCUT2D eigenvalue weighted by Gasteiger charge is 2.28. The van der Waals surface area contributed by atoms with Crippen LogP contribution >= 0.6 is 0 Å². The van der Waals surface area contributed by atoms with E-state index in [2.05, 4.69) is 18.9 Å². The second-order valence-electron chi connectivity index (χ2n) is 5.05. The lowest BCUT2D eigenvalue weighted by atomic mass is 10.2. The Morgan fingerprint density at radius 3 is 2.83 bits per heavy atom. The Bertz CT molecular complexity index is 440. The largest absolute Gasteiger partial charge is 0.397 e. The molecule has 0 bridgehead atoms. The zero-order valence-corrected chi connectivity index (χ0v) is 11.4. The van der Waals surface area contributed by atoms with Crippen LogP contribution in [0.3, 0.4) is 0 Å². The zero-order chi connectivity index (χ0) is 13.3. The van der Waals surface area contributed by atoms with Crippen LogP contribution in [0.15, 0.2) is 12.3 Å². The maximum atomic E-state index is 12.5. The van der Waals surface area contributed by atoms with Gasteiger partial charge in [0.1, 0.15) is 5.69 Å². The van der Waals surface area contributed by atoms with Crippen LogP contribution in [0.2, 0.25) is 0 Å². The van der Waals surface area contributed by atoms with Gasteiger partial charge in [-0.1, -0.05) is 0 Å². The van der Waals surface area contributed by atoms with Crippen molar-refractivity contribution in [3.05, 3.63) is 18.0 Å². The van der Waals surface area contributed by atoms with E-state index in [1.807, 2.05) is 22.6 Å². The summed E-state index contributed by atoms with van der Waals surface area (Å²) in [7, 11) is 2.09. The fraction of sp³-hybridized carbons (Fsp3) is 0.615. The normalized spacial score (nSPS) is 21.3. The molecule has 5 heteroatoms. The number of aromatic nitrogens is 1. The predicted octanol–water partition coefficient (Wildman–Crippen LogP) is 0.866. The number of nitrogens with two attached hydrogens (primary N) is 1. The highest BCUT2D eigenvalue weighted by atomic mass is 16.2. The van der Waals surface area contributed by atoms with Crippen LogP contribution in [-0.2, 0) is 6.54 Å². The molecule has 1 saturated heterocycles. The number of nitrogens with zero attached hydrogens (tertiary/aromatic N) is 3. The first kappa shape index (κ1) is 13.0. The molecule has 2 rings (SSSR count). The van der Waals surface area contributed by atoms with Gasteiger partial charge in [0.25, 0.3) is 5.91 Å². The van der Waals surface area contributed by atoms with Gasteiger partial charge in [-0.05, 0) is 27.0 Å². The van der Waals surface area contributed by atoms with Gasteiger partial charge in [-0.25, -0.2) is 0 Å². The summed E-state index contributed by atoms with van der Waals surface area (Å²) >= 11 is 0. The molecule has 18 heavy (non-hydrogen) atoms. The molecule has 1 unspecified atom stereocenters. The van der Waals surface area contributed by atoms with Crippen molar-refractivity contribution in [1.29, 1.82) is 0 Å². The number of likely N-dealkylation sites (N-methyl/N-ethyl adjacent to an activating group) is 1. The highest BCUT2D eigenvalue weighted by Crippen LogP contribution is 2.17. The molecule has 0 radical (unpaired) electrons. The minimum absolute atomic E-state index is 0.0918. The molecule has 1 aliphatic rings. The Labute approximate surface area is 108 Å². The van der Waals surface area contributed by atoms with Crippen LogP contribution in [0.25, 0.3) is 0 Å². The van der Waals surface area contributed by atoms with Crippen molar-refractivity contribution < 1.29 is 4.79 Å². The molecule has 1 atom stereocenters. The van der Waals surface area contributed by atoms with Gasteiger partial charge < -0.3 is 20.1 Å².